The molecule has 0 bridgehead atoms. The SMILES string of the molecule is CC(=O)O[C@H]1CC[C@]2(C)[C@H]3CC=C4[C@@H]5[C@@H](C)[C@H](C)CC[C@]5(C(=O)N5CCN(C(=S)Nc6ccc(C)c(C)c6)CC5)CC[C@@]4(C)[C@]3(C)CC[C@H]2C1(C)C. The van der Waals surface area contributed by atoms with Gasteiger partial charge in [0.1, 0.15) is 6.10 Å². The number of amides is 1. The predicted octanol–water partition coefficient (Wildman–Crippen LogP) is 9.73. The van der Waals surface area contributed by atoms with Gasteiger partial charge in [0.2, 0.25) is 5.91 Å². The first-order valence-corrected chi connectivity index (χ1v) is 21.1. The highest BCUT2D eigenvalue weighted by molar-refractivity contribution is 7.80. The number of nitrogens with one attached hydrogen (secondary N) is 1. The summed E-state index contributed by atoms with van der Waals surface area (Å²) in [6.07, 6.45) is 12.5. The van der Waals surface area contributed by atoms with E-state index in [0.29, 0.717) is 35.5 Å². The third-order valence-electron chi connectivity index (χ3n) is 17.3. The first kappa shape index (κ1) is 37.9. The molecule has 0 radical (unpaired) electrons. The van der Waals surface area contributed by atoms with E-state index in [2.05, 4.69) is 102 Å². The molecule has 286 valence electrons. The molecule has 7 heteroatoms. The largest absolute Gasteiger partial charge is 0.462 e. The summed E-state index contributed by atoms with van der Waals surface area (Å²) in [5, 5.41) is 4.22. The fraction of sp³-hybridized carbons (Fsp3) is 0.756. The van der Waals surface area contributed by atoms with E-state index in [1.807, 2.05) is 0 Å². The van der Waals surface area contributed by atoms with E-state index < -0.39 is 0 Å². The Balaban J connectivity index is 1.13. The van der Waals surface area contributed by atoms with Crippen molar-refractivity contribution < 1.29 is 14.3 Å². The second-order valence-electron chi connectivity index (χ2n) is 19.8. The summed E-state index contributed by atoms with van der Waals surface area (Å²) in [6, 6.07) is 6.40. The molecule has 10 atom stereocenters. The normalized spacial score (nSPS) is 41.0. The molecule has 1 saturated heterocycles. The zero-order valence-corrected chi connectivity index (χ0v) is 34.8. The predicted molar refractivity (Wildman–Crippen MR) is 215 cm³/mol. The molecule has 1 aromatic carbocycles. The molecular formula is C45H67N3O3S. The average Bonchev–Trinajstić information content (AvgIpc) is 3.09. The second kappa shape index (κ2) is 13.1. The van der Waals surface area contributed by atoms with Crippen LogP contribution < -0.4 is 5.32 Å². The van der Waals surface area contributed by atoms with Crippen molar-refractivity contribution in [3.8, 4) is 0 Å². The number of benzene rings is 1. The van der Waals surface area contributed by atoms with Gasteiger partial charge < -0.3 is 19.9 Å². The molecule has 0 unspecified atom stereocenters. The van der Waals surface area contributed by atoms with Crippen molar-refractivity contribution in [3.63, 3.8) is 0 Å². The maximum atomic E-state index is 15.2. The van der Waals surface area contributed by atoms with Crippen LogP contribution in [-0.4, -0.2) is 59.1 Å². The van der Waals surface area contributed by atoms with E-state index in [0.717, 1.165) is 81.9 Å². The number of ether oxygens (including phenoxy) is 1. The van der Waals surface area contributed by atoms with Crippen molar-refractivity contribution in [1.29, 1.82) is 0 Å². The van der Waals surface area contributed by atoms with Crippen molar-refractivity contribution in [3.05, 3.63) is 41.0 Å². The standard InChI is InChI=1S/C45H67N3O3S/c1-28-11-12-33(27-30(28)3)46-40(52)48-25-23-47(24-26-48)39(50)45-20-15-29(2)31(4)38(45)34-13-14-36-42(8)18-17-37(51-32(5)49)41(6,7)35(42)16-19-44(36,10)43(34,9)21-22-45/h11-13,27,29,31,35-38H,14-26H2,1-10H3,(H,46,52)/t29-,31+,35+,36-,37+,38+,42+,43-,44-,45+/m1/s1. The van der Waals surface area contributed by atoms with Gasteiger partial charge in [-0.2, -0.15) is 0 Å². The minimum Gasteiger partial charge on any atom is -0.462 e. The van der Waals surface area contributed by atoms with Gasteiger partial charge in [-0.3, -0.25) is 9.59 Å². The van der Waals surface area contributed by atoms with Crippen molar-refractivity contribution in [2.45, 2.75) is 133 Å². The van der Waals surface area contributed by atoms with Crippen LogP contribution in [0.3, 0.4) is 0 Å². The lowest BCUT2D eigenvalue weighted by atomic mass is 9.33. The van der Waals surface area contributed by atoms with E-state index >= 15 is 4.79 Å². The second-order valence-corrected chi connectivity index (χ2v) is 20.2. The van der Waals surface area contributed by atoms with Crippen LogP contribution in [0, 0.1) is 70.5 Å². The average molecular weight is 730 g/mol. The molecule has 4 saturated carbocycles. The molecular weight excluding hydrogens is 663 g/mol. The van der Waals surface area contributed by atoms with Crippen molar-refractivity contribution >= 4 is 34.9 Å². The Bertz CT molecular complexity index is 1650. The Morgan fingerprint density at radius 1 is 0.846 bits per heavy atom. The van der Waals surface area contributed by atoms with Crippen LogP contribution in [0.5, 0.6) is 0 Å². The van der Waals surface area contributed by atoms with Gasteiger partial charge in [-0.25, -0.2) is 0 Å². The number of allylic oxidation sites excluding steroid dienone is 2. The molecule has 5 aliphatic carbocycles. The summed E-state index contributed by atoms with van der Waals surface area (Å²) in [4.78, 5) is 31.7. The highest BCUT2D eigenvalue weighted by atomic mass is 32.1. The number of thiocarbonyl (C=S) groups is 1. The molecule has 1 aromatic rings. The minimum absolute atomic E-state index is 0.00485. The smallest absolute Gasteiger partial charge is 0.302 e. The van der Waals surface area contributed by atoms with Gasteiger partial charge in [0.15, 0.2) is 5.11 Å². The quantitative estimate of drug-likeness (QED) is 0.190. The molecule has 1 amide bonds. The van der Waals surface area contributed by atoms with Gasteiger partial charge in [0, 0.05) is 44.2 Å². The van der Waals surface area contributed by atoms with E-state index in [1.54, 1.807) is 12.5 Å². The summed E-state index contributed by atoms with van der Waals surface area (Å²) < 4.78 is 5.98. The lowest BCUT2D eigenvalue weighted by Gasteiger charge is -2.71. The highest BCUT2D eigenvalue weighted by Gasteiger charge is 2.70. The van der Waals surface area contributed by atoms with Crippen LogP contribution >= 0.6 is 12.2 Å². The molecule has 1 heterocycles. The molecule has 6 aliphatic rings. The number of hydrogen-bond acceptors (Lipinski definition) is 4. The van der Waals surface area contributed by atoms with Crippen LogP contribution in [0.2, 0.25) is 0 Å². The van der Waals surface area contributed by atoms with E-state index in [9.17, 15) is 4.79 Å². The van der Waals surface area contributed by atoms with Crippen LogP contribution in [-0.2, 0) is 14.3 Å². The van der Waals surface area contributed by atoms with Crippen LogP contribution in [0.1, 0.15) is 124 Å². The Kier molecular flexibility index (Phi) is 9.56. The number of aryl methyl sites for hydroxylation is 2. The Hall–Kier alpha value is -2.41. The Labute approximate surface area is 320 Å². The number of rotatable bonds is 3. The molecule has 52 heavy (non-hydrogen) atoms. The lowest BCUT2D eigenvalue weighted by Crippen LogP contribution is -2.66. The molecule has 0 spiro atoms. The number of fused-ring (bicyclic) bond motifs is 7. The van der Waals surface area contributed by atoms with E-state index in [-0.39, 0.29) is 39.1 Å². The van der Waals surface area contributed by atoms with Crippen LogP contribution in [0.15, 0.2) is 29.8 Å². The van der Waals surface area contributed by atoms with Crippen molar-refractivity contribution in [1.82, 2.24) is 9.80 Å². The van der Waals surface area contributed by atoms with E-state index in [1.165, 1.54) is 24.0 Å². The number of carbonyl (C=O) groups excluding carboxylic acids is 2. The summed E-state index contributed by atoms with van der Waals surface area (Å²) in [5.74, 6) is 2.76. The number of hydrogen-bond donors (Lipinski definition) is 1. The van der Waals surface area contributed by atoms with Gasteiger partial charge in [-0.1, -0.05) is 66.2 Å². The van der Waals surface area contributed by atoms with Gasteiger partial charge in [0.05, 0.1) is 5.41 Å². The molecule has 7 rings (SSSR count). The van der Waals surface area contributed by atoms with Crippen molar-refractivity contribution in [2.75, 3.05) is 31.5 Å². The van der Waals surface area contributed by atoms with Gasteiger partial charge in [0.25, 0.3) is 0 Å². The van der Waals surface area contributed by atoms with Gasteiger partial charge in [-0.05, 0) is 153 Å². The third kappa shape index (κ3) is 5.62. The molecule has 5 fully saturated rings. The first-order valence-electron chi connectivity index (χ1n) is 20.7. The molecule has 6 nitrogen and oxygen atoms in total. The zero-order chi connectivity index (χ0) is 37.6. The lowest BCUT2D eigenvalue weighted by molar-refractivity contribution is -0.213. The van der Waals surface area contributed by atoms with Gasteiger partial charge >= 0.3 is 5.97 Å². The fourth-order valence-corrected chi connectivity index (χ4v) is 14.0. The minimum atomic E-state index is -0.313. The Morgan fingerprint density at radius 3 is 2.21 bits per heavy atom. The Morgan fingerprint density at radius 2 is 1.54 bits per heavy atom. The van der Waals surface area contributed by atoms with E-state index in [4.69, 9.17) is 17.0 Å². The summed E-state index contributed by atoms with van der Waals surface area (Å²) >= 11 is 5.88. The topological polar surface area (TPSA) is 61.9 Å². The molecule has 0 aromatic heterocycles. The number of carbonyl (C=O) groups is 2. The molecule has 1 aliphatic heterocycles. The number of anilines is 1. The monoisotopic (exact) mass is 729 g/mol. The number of piperazine rings is 1. The first-order chi connectivity index (χ1) is 24.4. The third-order valence-corrected chi connectivity index (χ3v) is 17.6. The van der Waals surface area contributed by atoms with Crippen molar-refractivity contribution in [2.24, 2.45) is 56.7 Å². The molecule has 1 N–H and O–H groups in total. The zero-order valence-electron chi connectivity index (χ0n) is 34.0. The maximum Gasteiger partial charge on any atom is 0.302 e. The summed E-state index contributed by atoms with van der Waals surface area (Å²) in [7, 11) is 0. The maximum absolute atomic E-state index is 15.2. The summed E-state index contributed by atoms with van der Waals surface area (Å²) in [6.45, 7) is 26.3. The van der Waals surface area contributed by atoms with Gasteiger partial charge in [-0.15, -0.1) is 0 Å². The number of esters is 1. The highest BCUT2D eigenvalue weighted by Crippen LogP contribution is 2.76. The fourth-order valence-electron chi connectivity index (χ4n) is 13.7. The van der Waals surface area contributed by atoms with Crippen LogP contribution in [0.25, 0.3) is 0 Å². The van der Waals surface area contributed by atoms with Crippen LogP contribution in [0.4, 0.5) is 5.69 Å². The summed E-state index contributed by atoms with van der Waals surface area (Å²) in [5.41, 5.74) is 5.28. The number of nitrogens with zero attached hydrogens (tertiary/aromatic N) is 2.